The van der Waals surface area contributed by atoms with Crippen LogP contribution in [0.4, 0.5) is 0 Å². The number of aldehydes is 1. The summed E-state index contributed by atoms with van der Waals surface area (Å²) in [5.41, 5.74) is 7.83. The zero-order chi connectivity index (χ0) is 14.4. The minimum atomic E-state index is 0.423. The largest absolute Gasteiger partial charge is 0.457 e. The summed E-state index contributed by atoms with van der Waals surface area (Å²) in [5.74, 6) is 1.45. The molecule has 4 heteroatoms. The molecule has 2 N–H and O–H groups in total. The first kappa shape index (κ1) is 14.6. The van der Waals surface area contributed by atoms with Gasteiger partial charge in [0.2, 0.25) is 0 Å². The number of nitrogens with two attached hydrogens (primary N) is 1. The van der Waals surface area contributed by atoms with Crippen molar-refractivity contribution in [2.24, 2.45) is 5.73 Å². The first-order valence-electron chi connectivity index (χ1n) is 6.42. The Labute approximate surface area is 123 Å². The van der Waals surface area contributed by atoms with Crippen LogP contribution in [0, 0.1) is 0 Å². The fraction of sp³-hybridized carbons (Fsp3) is 0.188. The van der Waals surface area contributed by atoms with E-state index < -0.39 is 0 Å². The SMILES string of the molecule is NCc1cc(Oc2ccc(Cl)cc2)ccc1CCC=O. The Morgan fingerprint density at radius 3 is 2.40 bits per heavy atom. The Kier molecular flexibility index (Phi) is 5.16. The van der Waals surface area contributed by atoms with Gasteiger partial charge in [-0.3, -0.25) is 0 Å². The minimum absolute atomic E-state index is 0.423. The van der Waals surface area contributed by atoms with E-state index in [1.165, 1.54) is 0 Å². The van der Waals surface area contributed by atoms with Crippen molar-refractivity contribution >= 4 is 17.9 Å². The maximum atomic E-state index is 10.4. The molecule has 0 radical (unpaired) electrons. The summed E-state index contributed by atoms with van der Waals surface area (Å²) in [4.78, 5) is 10.4. The number of benzene rings is 2. The van der Waals surface area contributed by atoms with Crippen LogP contribution in [0.5, 0.6) is 11.5 Å². The maximum Gasteiger partial charge on any atom is 0.127 e. The van der Waals surface area contributed by atoms with Gasteiger partial charge >= 0.3 is 0 Å². The van der Waals surface area contributed by atoms with Gasteiger partial charge in [-0.05, 0) is 53.9 Å². The number of carbonyl (C=O) groups excluding carboxylic acids is 1. The molecule has 0 aromatic heterocycles. The van der Waals surface area contributed by atoms with Crippen LogP contribution >= 0.6 is 11.6 Å². The first-order valence-corrected chi connectivity index (χ1v) is 6.79. The number of carbonyl (C=O) groups is 1. The van der Waals surface area contributed by atoms with Crippen molar-refractivity contribution in [3.8, 4) is 11.5 Å². The summed E-state index contributed by atoms with van der Waals surface area (Å²) >= 11 is 5.83. The van der Waals surface area contributed by atoms with Crippen molar-refractivity contribution in [1.82, 2.24) is 0 Å². The Balaban J connectivity index is 2.16. The van der Waals surface area contributed by atoms with Crippen LogP contribution in [0.25, 0.3) is 0 Å². The highest BCUT2D eigenvalue weighted by molar-refractivity contribution is 6.30. The lowest BCUT2D eigenvalue weighted by atomic mass is 10.0. The summed E-state index contributed by atoms with van der Waals surface area (Å²) in [7, 11) is 0. The Hall–Kier alpha value is -1.84. The average Bonchev–Trinajstić information content (AvgIpc) is 2.48. The number of hydrogen-bond donors (Lipinski definition) is 1. The van der Waals surface area contributed by atoms with E-state index in [2.05, 4.69) is 0 Å². The standard InChI is InChI=1S/C16H16ClNO2/c17-14-4-7-15(8-5-14)20-16-6-3-12(2-1-9-19)13(10-16)11-18/h3-10H,1-2,11,18H2. The minimum Gasteiger partial charge on any atom is -0.457 e. The average molecular weight is 290 g/mol. The molecule has 2 aromatic rings. The lowest BCUT2D eigenvalue weighted by molar-refractivity contribution is -0.107. The normalized spacial score (nSPS) is 10.3. The molecule has 0 spiro atoms. The van der Waals surface area contributed by atoms with Crippen LogP contribution in [0.1, 0.15) is 17.5 Å². The quantitative estimate of drug-likeness (QED) is 0.825. The fourth-order valence-electron chi connectivity index (χ4n) is 1.95. The highest BCUT2D eigenvalue weighted by atomic mass is 35.5. The van der Waals surface area contributed by atoms with Gasteiger partial charge in [0.15, 0.2) is 0 Å². The van der Waals surface area contributed by atoms with Gasteiger partial charge in [0.1, 0.15) is 17.8 Å². The van der Waals surface area contributed by atoms with Crippen molar-refractivity contribution in [1.29, 1.82) is 0 Å². The van der Waals surface area contributed by atoms with E-state index in [4.69, 9.17) is 22.1 Å². The van der Waals surface area contributed by atoms with Crippen molar-refractivity contribution in [3.63, 3.8) is 0 Å². The third-order valence-corrected chi connectivity index (χ3v) is 3.23. The molecule has 0 aliphatic rings. The van der Waals surface area contributed by atoms with Gasteiger partial charge in [-0.1, -0.05) is 17.7 Å². The zero-order valence-corrected chi connectivity index (χ0v) is 11.8. The van der Waals surface area contributed by atoms with Gasteiger partial charge in [-0.25, -0.2) is 0 Å². The second kappa shape index (κ2) is 7.08. The molecule has 0 unspecified atom stereocenters. The van der Waals surface area contributed by atoms with Gasteiger partial charge in [0.25, 0.3) is 0 Å². The maximum absolute atomic E-state index is 10.4. The van der Waals surface area contributed by atoms with Crippen LogP contribution in [0.3, 0.4) is 0 Å². The lowest BCUT2D eigenvalue weighted by Crippen LogP contribution is -2.02. The van der Waals surface area contributed by atoms with E-state index >= 15 is 0 Å². The summed E-state index contributed by atoms with van der Waals surface area (Å²) < 4.78 is 5.75. The fourth-order valence-corrected chi connectivity index (χ4v) is 2.08. The third kappa shape index (κ3) is 3.83. The number of ether oxygens (including phenoxy) is 1. The van der Waals surface area contributed by atoms with Crippen LogP contribution in [-0.2, 0) is 17.8 Å². The zero-order valence-electron chi connectivity index (χ0n) is 11.0. The summed E-state index contributed by atoms with van der Waals surface area (Å²) in [6, 6.07) is 12.9. The molecule has 0 bridgehead atoms. The molecule has 0 aliphatic carbocycles. The number of aryl methyl sites for hydroxylation is 1. The lowest BCUT2D eigenvalue weighted by Gasteiger charge is -2.11. The molecule has 104 valence electrons. The molecule has 20 heavy (non-hydrogen) atoms. The summed E-state index contributed by atoms with van der Waals surface area (Å²) in [5, 5.41) is 0.671. The molecule has 0 saturated carbocycles. The van der Waals surface area contributed by atoms with Gasteiger partial charge in [0.05, 0.1) is 0 Å². The van der Waals surface area contributed by atoms with Crippen molar-refractivity contribution in [2.75, 3.05) is 0 Å². The van der Waals surface area contributed by atoms with E-state index in [-0.39, 0.29) is 0 Å². The predicted octanol–water partition coefficient (Wildman–Crippen LogP) is 3.72. The molecule has 0 amide bonds. The van der Waals surface area contributed by atoms with E-state index in [0.717, 1.165) is 28.9 Å². The van der Waals surface area contributed by atoms with E-state index in [1.807, 2.05) is 30.3 Å². The second-order valence-electron chi connectivity index (χ2n) is 4.40. The Morgan fingerprint density at radius 1 is 1.05 bits per heavy atom. The monoisotopic (exact) mass is 289 g/mol. The van der Waals surface area contributed by atoms with Gasteiger partial charge < -0.3 is 15.3 Å². The smallest absolute Gasteiger partial charge is 0.127 e. The molecule has 0 heterocycles. The predicted molar refractivity (Wildman–Crippen MR) is 80.2 cm³/mol. The topological polar surface area (TPSA) is 52.3 Å². The van der Waals surface area contributed by atoms with Gasteiger partial charge in [-0.2, -0.15) is 0 Å². The van der Waals surface area contributed by atoms with Crippen LogP contribution in [0.15, 0.2) is 42.5 Å². The number of rotatable bonds is 6. The molecule has 0 atom stereocenters. The highest BCUT2D eigenvalue weighted by Crippen LogP contribution is 2.25. The third-order valence-electron chi connectivity index (χ3n) is 2.98. The second-order valence-corrected chi connectivity index (χ2v) is 4.83. The molecule has 0 saturated heterocycles. The van der Waals surface area contributed by atoms with Gasteiger partial charge in [0, 0.05) is 18.0 Å². The van der Waals surface area contributed by atoms with E-state index in [1.54, 1.807) is 12.1 Å². The molecule has 3 nitrogen and oxygen atoms in total. The molecule has 0 aliphatic heterocycles. The Bertz CT molecular complexity index is 582. The summed E-state index contributed by atoms with van der Waals surface area (Å²) in [6.45, 7) is 0.423. The van der Waals surface area contributed by atoms with E-state index in [0.29, 0.717) is 24.4 Å². The van der Waals surface area contributed by atoms with Gasteiger partial charge in [-0.15, -0.1) is 0 Å². The summed E-state index contributed by atoms with van der Waals surface area (Å²) in [6.07, 6.45) is 2.13. The molecule has 2 aromatic carbocycles. The number of halogens is 1. The van der Waals surface area contributed by atoms with Crippen molar-refractivity contribution in [3.05, 3.63) is 58.6 Å². The molecule has 0 fully saturated rings. The van der Waals surface area contributed by atoms with Crippen molar-refractivity contribution < 1.29 is 9.53 Å². The Morgan fingerprint density at radius 2 is 1.75 bits per heavy atom. The van der Waals surface area contributed by atoms with E-state index in [9.17, 15) is 4.79 Å². The van der Waals surface area contributed by atoms with Crippen molar-refractivity contribution in [2.45, 2.75) is 19.4 Å². The van der Waals surface area contributed by atoms with Crippen LogP contribution in [0.2, 0.25) is 5.02 Å². The molecule has 2 rings (SSSR count). The first-order chi connectivity index (χ1) is 9.72. The van der Waals surface area contributed by atoms with Crippen LogP contribution in [-0.4, -0.2) is 6.29 Å². The number of hydrogen-bond acceptors (Lipinski definition) is 3. The highest BCUT2D eigenvalue weighted by Gasteiger charge is 2.04. The molecular formula is C16H16ClNO2. The van der Waals surface area contributed by atoms with Crippen LogP contribution < -0.4 is 10.5 Å². The molecular weight excluding hydrogens is 274 g/mol.